The quantitative estimate of drug-likeness (QED) is 0.825. The zero-order valence-corrected chi connectivity index (χ0v) is 13.2. The normalized spacial score (nSPS) is 13.5. The molecule has 2 rings (SSSR count). The zero-order chi connectivity index (χ0) is 15.9. The number of aliphatic hydroxyl groups is 1. The van der Waals surface area contributed by atoms with Gasteiger partial charge in [-0.3, -0.25) is 0 Å². The van der Waals surface area contributed by atoms with Crippen LogP contribution >= 0.6 is 0 Å². The molecule has 2 aromatic rings. The third-order valence-corrected chi connectivity index (χ3v) is 3.72. The van der Waals surface area contributed by atoms with E-state index >= 15 is 0 Å². The fraction of sp³-hybridized carbons (Fsp3) is 0.333. The van der Waals surface area contributed by atoms with E-state index in [0.717, 1.165) is 22.6 Å². The summed E-state index contributed by atoms with van der Waals surface area (Å²) >= 11 is 0. The van der Waals surface area contributed by atoms with Gasteiger partial charge >= 0.3 is 0 Å². The molecule has 0 aliphatic carbocycles. The summed E-state index contributed by atoms with van der Waals surface area (Å²) in [5, 5.41) is 13.7. The van der Waals surface area contributed by atoms with E-state index in [1.54, 1.807) is 14.2 Å². The lowest BCUT2D eigenvalue weighted by Crippen LogP contribution is -2.31. The Bertz CT molecular complexity index is 586. The molecule has 2 N–H and O–H groups in total. The van der Waals surface area contributed by atoms with E-state index in [4.69, 9.17) is 9.47 Å². The van der Waals surface area contributed by atoms with Crippen LogP contribution in [0.15, 0.2) is 48.5 Å². The number of nitrogens with one attached hydrogen (secondary N) is 1. The highest BCUT2D eigenvalue weighted by Crippen LogP contribution is 2.25. The molecule has 0 saturated heterocycles. The molecule has 2 atom stereocenters. The summed E-state index contributed by atoms with van der Waals surface area (Å²) < 4.78 is 10.6. The van der Waals surface area contributed by atoms with Crippen molar-refractivity contribution in [2.75, 3.05) is 14.2 Å². The maximum absolute atomic E-state index is 10.4. The molecule has 4 nitrogen and oxygen atoms in total. The van der Waals surface area contributed by atoms with Crippen molar-refractivity contribution < 1.29 is 14.6 Å². The van der Waals surface area contributed by atoms with E-state index < -0.39 is 6.10 Å². The van der Waals surface area contributed by atoms with Crippen LogP contribution in [0.3, 0.4) is 0 Å². The Kier molecular flexibility index (Phi) is 5.81. The second-order valence-electron chi connectivity index (χ2n) is 5.20. The Hall–Kier alpha value is -2.04. The van der Waals surface area contributed by atoms with Gasteiger partial charge in [-0.2, -0.15) is 0 Å². The summed E-state index contributed by atoms with van der Waals surface area (Å²) in [7, 11) is 3.27. The maximum Gasteiger partial charge on any atom is 0.127 e. The van der Waals surface area contributed by atoms with Crippen LogP contribution in [0.5, 0.6) is 11.5 Å². The molecule has 0 radical (unpaired) electrons. The summed E-state index contributed by atoms with van der Waals surface area (Å²) in [6.45, 7) is 2.58. The molecule has 2 aromatic carbocycles. The smallest absolute Gasteiger partial charge is 0.127 e. The second kappa shape index (κ2) is 7.82. The first kappa shape index (κ1) is 16.3. The Morgan fingerprint density at radius 1 is 1.05 bits per heavy atom. The fourth-order valence-electron chi connectivity index (χ4n) is 2.32. The van der Waals surface area contributed by atoms with Gasteiger partial charge < -0.3 is 19.9 Å². The van der Waals surface area contributed by atoms with Gasteiger partial charge in [-0.05, 0) is 18.6 Å². The van der Waals surface area contributed by atoms with E-state index in [1.807, 2.05) is 55.5 Å². The van der Waals surface area contributed by atoms with Crippen molar-refractivity contribution in [3.63, 3.8) is 0 Å². The van der Waals surface area contributed by atoms with Crippen LogP contribution in [0.4, 0.5) is 0 Å². The molecule has 0 aliphatic rings. The van der Waals surface area contributed by atoms with Crippen molar-refractivity contribution >= 4 is 0 Å². The van der Waals surface area contributed by atoms with Crippen LogP contribution in [0.1, 0.15) is 24.2 Å². The van der Waals surface area contributed by atoms with Gasteiger partial charge in [-0.15, -0.1) is 0 Å². The third kappa shape index (κ3) is 4.00. The lowest BCUT2D eigenvalue weighted by molar-refractivity contribution is 0.135. The van der Waals surface area contributed by atoms with Crippen LogP contribution in [-0.4, -0.2) is 25.4 Å². The number of benzene rings is 2. The third-order valence-electron chi connectivity index (χ3n) is 3.72. The van der Waals surface area contributed by atoms with E-state index in [0.29, 0.717) is 6.54 Å². The Morgan fingerprint density at radius 2 is 1.77 bits per heavy atom. The minimum Gasteiger partial charge on any atom is -0.497 e. The van der Waals surface area contributed by atoms with Crippen LogP contribution in [0.25, 0.3) is 0 Å². The summed E-state index contributed by atoms with van der Waals surface area (Å²) in [6, 6.07) is 15.3. The van der Waals surface area contributed by atoms with Crippen LogP contribution in [-0.2, 0) is 6.54 Å². The van der Waals surface area contributed by atoms with Gasteiger partial charge in [-0.25, -0.2) is 0 Å². The fourth-order valence-corrected chi connectivity index (χ4v) is 2.32. The van der Waals surface area contributed by atoms with Crippen molar-refractivity contribution in [1.29, 1.82) is 0 Å². The average molecular weight is 301 g/mol. The van der Waals surface area contributed by atoms with Crippen molar-refractivity contribution in [2.45, 2.75) is 25.6 Å². The van der Waals surface area contributed by atoms with Crippen molar-refractivity contribution in [2.24, 2.45) is 0 Å². The van der Waals surface area contributed by atoms with Crippen molar-refractivity contribution in [3.05, 3.63) is 59.7 Å². The van der Waals surface area contributed by atoms with Gasteiger partial charge in [0.15, 0.2) is 0 Å². The van der Waals surface area contributed by atoms with E-state index in [-0.39, 0.29) is 6.04 Å². The molecule has 0 bridgehead atoms. The van der Waals surface area contributed by atoms with Gasteiger partial charge in [0.2, 0.25) is 0 Å². The first-order chi connectivity index (χ1) is 10.7. The second-order valence-corrected chi connectivity index (χ2v) is 5.20. The highest BCUT2D eigenvalue weighted by molar-refractivity contribution is 5.40. The van der Waals surface area contributed by atoms with E-state index in [2.05, 4.69) is 5.32 Å². The SMILES string of the molecule is COc1ccc(CN[C@@H](C)[C@H](O)c2ccccc2)c(OC)c1. The minimum absolute atomic E-state index is 0.0748. The molecule has 0 heterocycles. The molecular formula is C18H23NO3. The standard InChI is InChI=1S/C18H23NO3/c1-13(18(20)14-7-5-4-6-8-14)19-12-15-9-10-16(21-2)11-17(15)22-3/h4-11,13,18-20H,12H2,1-3H3/t13-,18-/m0/s1. The number of rotatable bonds is 7. The van der Waals surface area contributed by atoms with Crippen molar-refractivity contribution in [1.82, 2.24) is 5.32 Å². The lowest BCUT2D eigenvalue weighted by Gasteiger charge is -2.21. The Morgan fingerprint density at radius 3 is 2.41 bits per heavy atom. The molecule has 0 unspecified atom stereocenters. The van der Waals surface area contributed by atoms with E-state index in [1.165, 1.54) is 0 Å². The summed E-state index contributed by atoms with van der Waals surface area (Å²) in [5.74, 6) is 1.53. The summed E-state index contributed by atoms with van der Waals surface area (Å²) in [4.78, 5) is 0. The van der Waals surface area contributed by atoms with Gasteiger partial charge in [0.05, 0.1) is 20.3 Å². The highest BCUT2D eigenvalue weighted by atomic mass is 16.5. The number of hydrogen-bond acceptors (Lipinski definition) is 4. The number of methoxy groups -OCH3 is 2. The molecule has 0 spiro atoms. The van der Waals surface area contributed by atoms with Gasteiger partial charge in [0.25, 0.3) is 0 Å². The van der Waals surface area contributed by atoms with E-state index in [9.17, 15) is 5.11 Å². The Labute approximate surface area is 131 Å². The van der Waals surface area contributed by atoms with Crippen LogP contribution in [0.2, 0.25) is 0 Å². The summed E-state index contributed by atoms with van der Waals surface area (Å²) in [5.41, 5.74) is 1.93. The van der Waals surface area contributed by atoms with Crippen molar-refractivity contribution in [3.8, 4) is 11.5 Å². The van der Waals surface area contributed by atoms with Crippen LogP contribution < -0.4 is 14.8 Å². The molecule has 4 heteroatoms. The zero-order valence-electron chi connectivity index (χ0n) is 13.2. The lowest BCUT2D eigenvalue weighted by atomic mass is 10.0. The predicted octanol–water partition coefficient (Wildman–Crippen LogP) is 2.92. The largest absolute Gasteiger partial charge is 0.497 e. The molecular weight excluding hydrogens is 278 g/mol. The molecule has 118 valence electrons. The van der Waals surface area contributed by atoms with Crippen LogP contribution in [0, 0.1) is 0 Å². The predicted molar refractivity (Wildman–Crippen MR) is 87.2 cm³/mol. The number of ether oxygens (including phenoxy) is 2. The first-order valence-electron chi connectivity index (χ1n) is 7.33. The van der Waals surface area contributed by atoms with Gasteiger partial charge in [0.1, 0.15) is 11.5 Å². The van der Waals surface area contributed by atoms with Gasteiger partial charge in [-0.1, -0.05) is 36.4 Å². The molecule has 0 amide bonds. The molecule has 0 saturated carbocycles. The molecule has 0 aliphatic heterocycles. The molecule has 0 fully saturated rings. The van der Waals surface area contributed by atoms with Gasteiger partial charge in [0, 0.05) is 24.2 Å². The topological polar surface area (TPSA) is 50.7 Å². The monoisotopic (exact) mass is 301 g/mol. The molecule has 0 aromatic heterocycles. The number of aliphatic hydroxyl groups excluding tert-OH is 1. The number of hydrogen-bond donors (Lipinski definition) is 2. The minimum atomic E-state index is -0.551. The Balaban J connectivity index is 2.00. The highest BCUT2D eigenvalue weighted by Gasteiger charge is 2.16. The summed E-state index contributed by atoms with van der Waals surface area (Å²) in [6.07, 6.45) is -0.551. The molecule has 22 heavy (non-hydrogen) atoms. The average Bonchev–Trinajstić information content (AvgIpc) is 2.59. The first-order valence-corrected chi connectivity index (χ1v) is 7.33. The maximum atomic E-state index is 10.4.